The van der Waals surface area contributed by atoms with E-state index in [9.17, 15) is 14.9 Å². The Kier molecular flexibility index (Phi) is 6.36. The third-order valence-electron chi connectivity index (χ3n) is 8.16. The lowest BCUT2D eigenvalue weighted by atomic mass is 10.0. The van der Waals surface area contributed by atoms with Crippen LogP contribution in [0.15, 0.2) is 55.0 Å². The first-order chi connectivity index (χ1) is 20.0. The molecule has 206 valence electrons. The highest BCUT2D eigenvalue weighted by atomic mass is 35.5. The number of carbonyl (C=O) groups is 2. The molecule has 1 saturated heterocycles. The van der Waals surface area contributed by atoms with Crippen molar-refractivity contribution < 1.29 is 9.59 Å². The van der Waals surface area contributed by atoms with Crippen LogP contribution in [0.25, 0.3) is 5.65 Å². The molecule has 0 unspecified atom stereocenters. The van der Waals surface area contributed by atoms with Crippen LogP contribution in [0, 0.1) is 17.2 Å². The molecule has 3 aromatic heterocycles. The Labute approximate surface area is 242 Å². The Morgan fingerprint density at radius 3 is 2.83 bits per heavy atom. The summed E-state index contributed by atoms with van der Waals surface area (Å²) < 4.78 is 2.05. The van der Waals surface area contributed by atoms with Crippen LogP contribution >= 0.6 is 11.6 Å². The number of fused-ring (bicyclic) bond motifs is 1. The third-order valence-corrected chi connectivity index (χ3v) is 8.40. The number of nitrogens with one attached hydrogen (secondary N) is 2. The van der Waals surface area contributed by atoms with E-state index in [2.05, 4.69) is 33.9 Å². The number of pyridine rings is 2. The fourth-order valence-electron chi connectivity index (χ4n) is 5.77. The molecule has 3 fully saturated rings. The van der Waals surface area contributed by atoms with Crippen molar-refractivity contribution in [3.05, 3.63) is 82.4 Å². The Morgan fingerprint density at radius 2 is 2.05 bits per heavy atom. The largest absolute Gasteiger partial charge is 0.379 e. The van der Waals surface area contributed by atoms with Gasteiger partial charge >= 0.3 is 0 Å². The van der Waals surface area contributed by atoms with Gasteiger partial charge in [0.25, 0.3) is 0 Å². The molecule has 4 heterocycles. The second-order valence-corrected chi connectivity index (χ2v) is 11.5. The molecule has 0 spiro atoms. The summed E-state index contributed by atoms with van der Waals surface area (Å²) in [7, 11) is 0. The van der Waals surface area contributed by atoms with Crippen molar-refractivity contribution in [3.8, 4) is 6.07 Å². The molecule has 7 rings (SSSR count). The lowest BCUT2D eigenvalue weighted by Crippen LogP contribution is -2.24. The monoisotopic (exact) mass is 565 g/mol. The summed E-state index contributed by atoms with van der Waals surface area (Å²) in [4.78, 5) is 36.6. The number of nitrogens with zero attached hydrogens (tertiary/aromatic N) is 5. The van der Waals surface area contributed by atoms with Crippen LogP contribution < -0.4 is 15.5 Å². The van der Waals surface area contributed by atoms with Gasteiger partial charge in [-0.05, 0) is 79.0 Å². The zero-order valence-corrected chi connectivity index (χ0v) is 23.1. The summed E-state index contributed by atoms with van der Waals surface area (Å²) in [6.07, 6.45) is 10.3. The van der Waals surface area contributed by atoms with E-state index in [4.69, 9.17) is 16.6 Å². The SMILES string of the molecule is N#Cc1ccc(Cl)cc1[C@H]1C[C@@H]1C(=O)Nc1cc(NCc2cn3cc(C4CC4)cc(N4CCCC4=O)c3n2)ccn1. The summed E-state index contributed by atoms with van der Waals surface area (Å²) in [5, 5.41) is 16.3. The molecule has 2 aliphatic carbocycles. The van der Waals surface area contributed by atoms with Crippen LogP contribution in [0.5, 0.6) is 0 Å². The van der Waals surface area contributed by atoms with Crippen molar-refractivity contribution in [1.29, 1.82) is 5.26 Å². The average Bonchev–Trinajstić information content (AvgIpc) is 3.89. The van der Waals surface area contributed by atoms with Gasteiger partial charge in [-0.3, -0.25) is 9.59 Å². The van der Waals surface area contributed by atoms with Gasteiger partial charge in [0.2, 0.25) is 11.8 Å². The molecule has 41 heavy (non-hydrogen) atoms. The van der Waals surface area contributed by atoms with E-state index >= 15 is 0 Å². The van der Waals surface area contributed by atoms with Gasteiger partial charge in [-0.1, -0.05) is 11.6 Å². The molecule has 2 amide bonds. The van der Waals surface area contributed by atoms with Crippen LogP contribution in [-0.4, -0.2) is 32.7 Å². The number of carbonyl (C=O) groups excluding carboxylic acids is 2. The van der Waals surface area contributed by atoms with E-state index in [0.29, 0.717) is 41.7 Å². The molecule has 1 aliphatic heterocycles. The van der Waals surface area contributed by atoms with Crippen molar-refractivity contribution in [1.82, 2.24) is 14.4 Å². The maximum Gasteiger partial charge on any atom is 0.229 e. The van der Waals surface area contributed by atoms with Crippen molar-refractivity contribution in [2.75, 3.05) is 22.1 Å². The van der Waals surface area contributed by atoms with Crippen molar-refractivity contribution in [2.45, 2.75) is 50.5 Å². The lowest BCUT2D eigenvalue weighted by Gasteiger charge is -2.17. The minimum absolute atomic E-state index is 0.0270. The normalized spacial score (nSPS) is 19.8. The molecule has 10 heteroatoms. The van der Waals surface area contributed by atoms with E-state index in [1.54, 1.807) is 30.5 Å². The van der Waals surface area contributed by atoms with E-state index in [-0.39, 0.29) is 23.7 Å². The minimum atomic E-state index is -0.228. The zero-order valence-electron chi connectivity index (χ0n) is 22.3. The van der Waals surface area contributed by atoms with E-state index in [0.717, 1.165) is 41.2 Å². The highest BCUT2D eigenvalue weighted by Gasteiger charge is 2.45. The smallest absolute Gasteiger partial charge is 0.229 e. The van der Waals surface area contributed by atoms with Crippen molar-refractivity contribution in [3.63, 3.8) is 0 Å². The highest BCUT2D eigenvalue weighted by molar-refractivity contribution is 6.30. The quantitative estimate of drug-likeness (QED) is 0.287. The second-order valence-electron chi connectivity index (χ2n) is 11.1. The number of aromatic nitrogens is 3. The number of hydrogen-bond acceptors (Lipinski definition) is 6. The van der Waals surface area contributed by atoms with Gasteiger partial charge < -0.3 is 19.9 Å². The van der Waals surface area contributed by atoms with Gasteiger partial charge in [-0.15, -0.1) is 0 Å². The van der Waals surface area contributed by atoms with Crippen LogP contribution in [0.3, 0.4) is 0 Å². The first-order valence-electron chi connectivity index (χ1n) is 14.0. The average molecular weight is 566 g/mol. The number of rotatable bonds is 8. The summed E-state index contributed by atoms with van der Waals surface area (Å²) in [5.41, 5.74) is 5.97. The number of nitriles is 1. The van der Waals surface area contributed by atoms with E-state index in [1.165, 1.54) is 18.4 Å². The molecule has 1 aromatic carbocycles. The standard InChI is InChI=1S/C31H28ClN7O2/c32-21-6-5-19(14-33)24(11-21)25-13-26(25)31(41)37-28-12-22(7-8-34-28)35-15-23-17-38-16-20(18-3-4-18)10-27(30(38)36-23)39-9-1-2-29(39)40/h5-8,10-12,16-18,25-26H,1-4,9,13,15H2,(H2,34,35,37,41)/t25-,26+/m1/s1. The first-order valence-corrected chi connectivity index (χ1v) is 14.4. The molecule has 3 aliphatic rings. The maximum absolute atomic E-state index is 12.9. The van der Waals surface area contributed by atoms with Gasteiger partial charge in [0, 0.05) is 54.3 Å². The molecule has 0 bridgehead atoms. The van der Waals surface area contributed by atoms with Crippen molar-refractivity contribution in [2.24, 2.45) is 5.92 Å². The molecular formula is C31H28ClN7O2. The van der Waals surface area contributed by atoms with Crippen LogP contribution in [-0.2, 0) is 16.1 Å². The Balaban J connectivity index is 1.04. The number of imidazole rings is 1. The van der Waals surface area contributed by atoms with Gasteiger partial charge in [-0.25, -0.2) is 9.97 Å². The minimum Gasteiger partial charge on any atom is -0.379 e. The fourth-order valence-corrected chi connectivity index (χ4v) is 5.95. The van der Waals surface area contributed by atoms with Gasteiger partial charge in [0.15, 0.2) is 5.65 Å². The predicted molar refractivity (Wildman–Crippen MR) is 156 cm³/mol. The zero-order chi connectivity index (χ0) is 28.1. The Morgan fingerprint density at radius 1 is 1.17 bits per heavy atom. The Hall–Kier alpha value is -4.42. The van der Waals surface area contributed by atoms with Crippen LogP contribution in [0.1, 0.15) is 66.3 Å². The predicted octanol–water partition coefficient (Wildman–Crippen LogP) is 5.61. The third kappa shape index (κ3) is 5.11. The topological polar surface area (TPSA) is 115 Å². The first kappa shape index (κ1) is 25.5. The second kappa shape index (κ2) is 10.2. The van der Waals surface area contributed by atoms with Crippen LogP contribution in [0.4, 0.5) is 17.2 Å². The number of anilines is 3. The maximum atomic E-state index is 12.9. The molecule has 9 nitrogen and oxygen atoms in total. The molecule has 0 radical (unpaired) electrons. The van der Waals surface area contributed by atoms with Crippen molar-refractivity contribution >= 4 is 46.3 Å². The number of halogens is 1. The summed E-state index contributed by atoms with van der Waals surface area (Å²) >= 11 is 6.13. The molecule has 2 saturated carbocycles. The molecule has 2 atom stereocenters. The Bertz CT molecular complexity index is 1740. The van der Waals surface area contributed by atoms with Gasteiger partial charge in [-0.2, -0.15) is 5.26 Å². The summed E-state index contributed by atoms with van der Waals surface area (Å²) in [6, 6.07) is 13.1. The van der Waals surface area contributed by atoms with Crippen LogP contribution in [0.2, 0.25) is 5.02 Å². The lowest BCUT2D eigenvalue weighted by molar-refractivity contribution is -0.118. The summed E-state index contributed by atoms with van der Waals surface area (Å²) in [5.74, 6) is 0.796. The van der Waals surface area contributed by atoms with Gasteiger partial charge in [0.1, 0.15) is 5.82 Å². The van der Waals surface area contributed by atoms with E-state index in [1.807, 2.05) is 21.6 Å². The molecular weight excluding hydrogens is 538 g/mol. The number of benzene rings is 1. The van der Waals surface area contributed by atoms with E-state index < -0.39 is 0 Å². The molecule has 4 aromatic rings. The van der Waals surface area contributed by atoms with Gasteiger partial charge in [0.05, 0.1) is 29.6 Å². The fraction of sp³-hybridized carbons (Fsp3) is 0.323. The molecule has 2 N–H and O–H groups in total. The number of hydrogen-bond donors (Lipinski definition) is 2. The highest BCUT2D eigenvalue weighted by Crippen LogP contribution is 2.49. The number of amides is 2. The summed E-state index contributed by atoms with van der Waals surface area (Å²) in [6.45, 7) is 1.20.